The molecule has 50 valence electrons. The average Bonchev–Trinajstić information content (AvgIpc) is 1.90. The second-order valence-corrected chi connectivity index (χ2v) is 2.48. The van der Waals surface area contributed by atoms with Crippen LogP contribution in [0.25, 0.3) is 0 Å². The average molecular weight is 126 g/mol. The third-order valence-corrected chi connectivity index (χ3v) is 1.61. The van der Waals surface area contributed by atoms with Gasteiger partial charge in [-0.25, -0.2) is 0 Å². The molecule has 1 aliphatic heterocycles. The lowest BCUT2D eigenvalue weighted by atomic mass is 9.82. The Morgan fingerprint density at radius 3 is 2.78 bits per heavy atom. The summed E-state index contributed by atoms with van der Waals surface area (Å²) in [5, 5.41) is 8.61. The highest BCUT2D eigenvalue weighted by Crippen LogP contribution is 2.19. The Morgan fingerprint density at radius 2 is 2.33 bits per heavy atom. The number of rotatable bonds is 1. The maximum atomic E-state index is 8.61. The van der Waals surface area contributed by atoms with Crippen molar-refractivity contribution in [1.29, 1.82) is 0 Å². The Hall–Kier alpha value is -0.0151. The SMILES string of the molecule is [B][C@H]1CC[C@@H](CO)OC1. The summed E-state index contributed by atoms with van der Waals surface area (Å²) in [7, 11) is 5.55. The molecule has 1 fully saturated rings. The molecule has 1 heterocycles. The molecule has 0 amide bonds. The van der Waals surface area contributed by atoms with Crippen LogP contribution in [0.2, 0.25) is 5.82 Å². The first-order valence-electron chi connectivity index (χ1n) is 3.31. The van der Waals surface area contributed by atoms with Crippen LogP contribution in [0.5, 0.6) is 0 Å². The van der Waals surface area contributed by atoms with Gasteiger partial charge in [-0.3, -0.25) is 0 Å². The molecule has 0 bridgehead atoms. The van der Waals surface area contributed by atoms with E-state index in [1.54, 1.807) is 0 Å². The molecule has 0 saturated carbocycles. The third kappa shape index (κ3) is 1.99. The minimum absolute atomic E-state index is 0.0461. The van der Waals surface area contributed by atoms with Crippen LogP contribution < -0.4 is 0 Å². The zero-order valence-electron chi connectivity index (χ0n) is 5.42. The number of hydrogen-bond acceptors (Lipinski definition) is 2. The van der Waals surface area contributed by atoms with Crippen molar-refractivity contribution in [2.24, 2.45) is 0 Å². The van der Waals surface area contributed by atoms with Crippen molar-refractivity contribution < 1.29 is 9.84 Å². The Labute approximate surface area is 56.6 Å². The molecule has 3 heteroatoms. The molecule has 1 saturated heterocycles. The maximum Gasteiger partial charge on any atom is 0.0805 e. The van der Waals surface area contributed by atoms with E-state index < -0.39 is 0 Å². The standard InChI is InChI=1S/C6H11BO2/c7-5-1-2-6(3-8)9-4-5/h5-6,8H,1-4H2/t5-,6-/m0/s1. The van der Waals surface area contributed by atoms with E-state index in [1.807, 2.05) is 0 Å². The van der Waals surface area contributed by atoms with Gasteiger partial charge in [0.05, 0.1) is 20.6 Å². The maximum absolute atomic E-state index is 8.61. The molecule has 0 aromatic heterocycles. The molecule has 0 spiro atoms. The summed E-state index contributed by atoms with van der Waals surface area (Å²) in [6.07, 6.45) is 1.92. The van der Waals surface area contributed by atoms with Crippen LogP contribution >= 0.6 is 0 Å². The van der Waals surface area contributed by atoms with Gasteiger partial charge in [-0.2, -0.15) is 0 Å². The van der Waals surface area contributed by atoms with Gasteiger partial charge in [-0.15, -0.1) is 0 Å². The van der Waals surface area contributed by atoms with Crippen LogP contribution in [0, 0.1) is 0 Å². The molecular weight excluding hydrogens is 115 g/mol. The summed E-state index contributed by atoms with van der Waals surface area (Å²) in [6, 6.07) is 0. The third-order valence-electron chi connectivity index (χ3n) is 1.61. The van der Waals surface area contributed by atoms with Gasteiger partial charge in [0.1, 0.15) is 0 Å². The molecule has 0 unspecified atom stereocenters. The second kappa shape index (κ2) is 3.23. The van der Waals surface area contributed by atoms with Crippen LogP contribution in [-0.2, 0) is 4.74 Å². The lowest BCUT2D eigenvalue weighted by molar-refractivity contribution is -0.0166. The van der Waals surface area contributed by atoms with E-state index in [0.29, 0.717) is 6.61 Å². The first kappa shape index (κ1) is 7.10. The van der Waals surface area contributed by atoms with Gasteiger partial charge in [-0.05, 0) is 6.42 Å². The van der Waals surface area contributed by atoms with Gasteiger partial charge in [0, 0.05) is 6.61 Å². The molecule has 2 nitrogen and oxygen atoms in total. The van der Waals surface area contributed by atoms with E-state index in [2.05, 4.69) is 0 Å². The van der Waals surface area contributed by atoms with E-state index in [0.717, 1.165) is 12.8 Å². The minimum atomic E-state index is 0.0461. The summed E-state index contributed by atoms with van der Waals surface area (Å²) in [4.78, 5) is 0. The van der Waals surface area contributed by atoms with Crippen molar-refractivity contribution in [3.05, 3.63) is 0 Å². The van der Waals surface area contributed by atoms with Crippen LogP contribution in [0.15, 0.2) is 0 Å². The summed E-state index contributed by atoms with van der Waals surface area (Å²) >= 11 is 0. The molecule has 0 aromatic rings. The van der Waals surface area contributed by atoms with Gasteiger partial charge < -0.3 is 9.84 Å². The fourth-order valence-corrected chi connectivity index (χ4v) is 0.970. The molecule has 1 rings (SSSR count). The summed E-state index contributed by atoms with van der Waals surface area (Å²) < 4.78 is 5.16. The zero-order chi connectivity index (χ0) is 6.69. The highest BCUT2D eigenvalue weighted by atomic mass is 16.5. The fourth-order valence-electron chi connectivity index (χ4n) is 0.970. The summed E-state index contributed by atoms with van der Waals surface area (Å²) in [5.74, 6) is 0.188. The molecule has 1 N–H and O–H groups in total. The monoisotopic (exact) mass is 126 g/mol. The van der Waals surface area contributed by atoms with Gasteiger partial charge in [0.25, 0.3) is 0 Å². The van der Waals surface area contributed by atoms with Crippen molar-refractivity contribution in [3.63, 3.8) is 0 Å². The first-order valence-corrected chi connectivity index (χ1v) is 3.31. The predicted octanol–water partition coefficient (Wildman–Crippen LogP) is 0.115. The van der Waals surface area contributed by atoms with Crippen molar-refractivity contribution in [3.8, 4) is 0 Å². The molecule has 0 aromatic carbocycles. The highest BCUT2D eigenvalue weighted by molar-refractivity contribution is 6.11. The Balaban J connectivity index is 2.18. The normalized spacial score (nSPS) is 36.6. The summed E-state index contributed by atoms with van der Waals surface area (Å²) in [5.41, 5.74) is 0. The van der Waals surface area contributed by atoms with Gasteiger partial charge in [-0.1, -0.05) is 12.2 Å². The first-order chi connectivity index (χ1) is 4.33. The lowest BCUT2D eigenvalue weighted by Crippen LogP contribution is -2.25. The smallest absolute Gasteiger partial charge is 0.0805 e. The molecule has 2 atom stereocenters. The Bertz CT molecular complexity index is 79.1. The van der Waals surface area contributed by atoms with Crippen LogP contribution in [0.3, 0.4) is 0 Å². The quantitative estimate of drug-likeness (QED) is 0.505. The lowest BCUT2D eigenvalue weighted by Gasteiger charge is -2.25. The molecule has 2 radical (unpaired) electrons. The van der Waals surface area contributed by atoms with E-state index in [4.69, 9.17) is 17.7 Å². The summed E-state index contributed by atoms with van der Waals surface area (Å²) in [6.45, 7) is 0.734. The molecule has 9 heavy (non-hydrogen) atoms. The van der Waals surface area contributed by atoms with Crippen molar-refractivity contribution in [1.82, 2.24) is 0 Å². The second-order valence-electron chi connectivity index (χ2n) is 2.48. The number of hydrogen-bond donors (Lipinski definition) is 1. The van der Waals surface area contributed by atoms with Crippen LogP contribution in [-0.4, -0.2) is 32.3 Å². The van der Waals surface area contributed by atoms with Crippen molar-refractivity contribution in [2.45, 2.75) is 24.8 Å². The number of aliphatic hydroxyl groups excluding tert-OH is 1. The fraction of sp³-hybridized carbons (Fsp3) is 1.00. The largest absolute Gasteiger partial charge is 0.394 e. The molecular formula is C6H11BO2. The number of ether oxygens (including phenoxy) is 1. The van der Waals surface area contributed by atoms with Crippen molar-refractivity contribution >= 4 is 7.85 Å². The van der Waals surface area contributed by atoms with Crippen molar-refractivity contribution in [2.75, 3.05) is 13.2 Å². The minimum Gasteiger partial charge on any atom is -0.394 e. The van der Waals surface area contributed by atoms with Crippen LogP contribution in [0.4, 0.5) is 0 Å². The Morgan fingerprint density at radius 1 is 1.56 bits per heavy atom. The zero-order valence-corrected chi connectivity index (χ0v) is 5.42. The van der Waals surface area contributed by atoms with Gasteiger partial charge in [0.2, 0.25) is 0 Å². The van der Waals surface area contributed by atoms with E-state index in [-0.39, 0.29) is 18.5 Å². The van der Waals surface area contributed by atoms with E-state index in [1.165, 1.54) is 0 Å². The van der Waals surface area contributed by atoms with E-state index in [9.17, 15) is 0 Å². The topological polar surface area (TPSA) is 29.5 Å². The van der Waals surface area contributed by atoms with Gasteiger partial charge in [0.15, 0.2) is 0 Å². The molecule has 1 aliphatic rings. The number of aliphatic hydroxyl groups is 1. The van der Waals surface area contributed by atoms with Crippen LogP contribution in [0.1, 0.15) is 12.8 Å². The Kier molecular flexibility index (Phi) is 2.55. The molecule has 0 aliphatic carbocycles. The predicted molar refractivity (Wildman–Crippen MR) is 35.6 cm³/mol. The highest BCUT2D eigenvalue weighted by Gasteiger charge is 2.16. The van der Waals surface area contributed by atoms with E-state index >= 15 is 0 Å². The van der Waals surface area contributed by atoms with Gasteiger partial charge >= 0.3 is 0 Å².